The Balaban J connectivity index is 4.12. The summed E-state index contributed by atoms with van der Waals surface area (Å²) in [5.74, 6) is 0. The summed E-state index contributed by atoms with van der Waals surface area (Å²) in [6, 6.07) is 0. The van der Waals surface area contributed by atoms with Gasteiger partial charge in [0, 0.05) is 24.2 Å². The molecule has 0 radical (unpaired) electrons. The maximum atomic E-state index is 5.67. The van der Waals surface area contributed by atoms with Crippen LogP contribution in [0.2, 0.25) is 0 Å². The van der Waals surface area contributed by atoms with Crippen LogP contribution < -0.4 is 22.1 Å². The smallest absolute Gasteiger partial charge is 0.0163 e. The molecule has 0 heterocycles. The Kier molecular flexibility index (Phi) is 8.78. The lowest BCUT2D eigenvalue weighted by Crippen LogP contribution is -2.49. The molecular formula is C14H34N4. The van der Waals surface area contributed by atoms with Gasteiger partial charge in [-0.3, -0.25) is 0 Å². The number of nitrogens with one attached hydrogen (secondary N) is 2. The average Bonchev–Trinajstić information content (AvgIpc) is 2.36. The van der Waals surface area contributed by atoms with E-state index < -0.39 is 0 Å². The van der Waals surface area contributed by atoms with E-state index in [9.17, 15) is 0 Å². The largest absolute Gasteiger partial charge is 0.330 e. The molecule has 0 saturated heterocycles. The SMILES string of the molecule is CCC(C)(CCN)NCCC(C)(CC)NCCN. The summed E-state index contributed by atoms with van der Waals surface area (Å²) < 4.78 is 0. The van der Waals surface area contributed by atoms with E-state index in [1.807, 2.05) is 0 Å². The summed E-state index contributed by atoms with van der Waals surface area (Å²) >= 11 is 0. The number of rotatable bonds is 11. The fraction of sp³-hybridized carbons (Fsp3) is 1.00. The Morgan fingerprint density at radius 2 is 1.28 bits per heavy atom. The predicted molar refractivity (Wildman–Crippen MR) is 80.7 cm³/mol. The molecule has 4 nitrogen and oxygen atoms in total. The van der Waals surface area contributed by atoms with E-state index in [0.717, 1.165) is 45.3 Å². The van der Waals surface area contributed by atoms with Gasteiger partial charge in [-0.2, -0.15) is 0 Å². The quantitative estimate of drug-likeness (QED) is 0.449. The van der Waals surface area contributed by atoms with Crippen LogP contribution in [0.25, 0.3) is 0 Å². The van der Waals surface area contributed by atoms with Gasteiger partial charge in [-0.25, -0.2) is 0 Å². The lowest BCUT2D eigenvalue weighted by Gasteiger charge is -2.34. The molecule has 2 unspecified atom stereocenters. The van der Waals surface area contributed by atoms with Gasteiger partial charge in [0.15, 0.2) is 0 Å². The van der Waals surface area contributed by atoms with Crippen molar-refractivity contribution in [1.82, 2.24) is 10.6 Å². The Labute approximate surface area is 113 Å². The molecule has 0 aliphatic carbocycles. The van der Waals surface area contributed by atoms with E-state index in [4.69, 9.17) is 11.5 Å². The molecular weight excluding hydrogens is 224 g/mol. The third-order valence-electron chi connectivity index (χ3n) is 4.18. The van der Waals surface area contributed by atoms with Crippen LogP contribution in [-0.2, 0) is 0 Å². The molecule has 18 heavy (non-hydrogen) atoms. The Morgan fingerprint density at radius 1 is 0.778 bits per heavy atom. The first-order valence-electron chi connectivity index (χ1n) is 7.35. The molecule has 6 N–H and O–H groups in total. The van der Waals surface area contributed by atoms with Gasteiger partial charge in [-0.15, -0.1) is 0 Å². The van der Waals surface area contributed by atoms with Gasteiger partial charge in [0.05, 0.1) is 0 Å². The number of nitrogens with two attached hydrogens (primary N) is 2. The van der Waals surface area contributed by atoms with E-state index in [1.54, 1.807) is 0 Å². The van der Waals surface area contributed by atoms with Crippen molar-refractivity contribution in [2.24, 2.45) is 11.5 Å². The van der Waals surface area contributed by atoms with Gasteiger partial charge in [0.1, 0.15) is 0 Å². The van der Waals surface area contributed by atoms with Crippen LogP contribution in [0.4, 0.5) is 0 Å². The van der Waals surface area contributed by atoms with Crippen molar-refractivity contribution in [3.05, 3.63) is 0 Å². The van der Waals surface area contributed by atoms with Gasteiger partial charge < -0.3 is 22.1 Å². The molecule has 0 amide bonds. The zero-order valence-corrected chi connectivity index (χ0v) is 12.8. The maximum absolute atomic E-state index is 5.67. The molecule has 2 atom stereocenters. The second-order valence-corrected chi connectivity index (χ2v) is 5.76. The van der Waals surface area contributed by atoms with Crippen LogP contribution in [0.5, 0.6) is 0 Å². The Hall–Kier alpha value is -0.160. The van der Waals surface area contributed by atoms with Crippen LogP contribution in [0, 0.1) is 0 Å². The minimum absolute atomic E-state index is 0.178. The first kappa shape index (κ1) is 17.8. The lowest BCUT2D eigenvalue weighted by molar-refractivity contribution is 0.273. The van der Waals surface area contributed by atoms with Gasteiger partial charge in [-0.1, -0.05) is 13.8 Å². The van der Waals surface area contributed by atoms with E-state index in [1.165, 1.54) is 0 Å². The zero-order chi connectivity index (χ0) is 14.1. The molecule has 4 heteroatoms. The van der Waals surface area contributed by atoms with Crippen molar-refractivity contribution in [3.8, 4) is 0 Å². The topological polar surface area (TPSA) is 76.1 Å². The van der Waals surface area contributed by atoms with Crippen LogP contribution in [0.15, 0.2) is 0 Å². The normalized spacial score (nSPS) is 18.3. The number of hydrogen-bond donors (Lipinski definition) is 4. The van der Waals surface area contributed by atoms with Crippen molar-refractivity contribution in [3.63, 3.8) is 0 Å². The lowest BCUT2D eigenvalue weighted by atomic mass is 9.91. The molecule has 0 aliphatic heterocycles. The van der Waals surface area contributed by atoms with Crippen molar-refractivity contribution >= 4 is 0 Å². The second-order valence-electron chi connectivity index (χ2n) is 5.76. The van der Waals surface area contributed by atoms with E-state index in [0.29, 0.717) is 6.54 Å². The second kappa shape index (κ2) is 8.86. The fourth-order valence-electron chi connectivity index (χ4n) is 2.11. The van der Waals surface area contributed by atoms with Crippen molar-refractivity contribution in [2.45, 2.75) is 64.5 Å². The third kappa shape index (κ3) is 6.69. The van der Waals surface area contributed by atoms with Crippen molar-refractivity contribution in [2.75, 3.05) is 26.2 Å². The van der Waals surface area contributed by atoms with Gasteiger partial charge >= 0.3 is 0 Å². The summed E-state index contributed by atoms with van der Waals surface area (Å²) in [7, 11) is 0. The highest BCUT2D eigenvalue weighted by Crippen LogP contribution is 2.17. The first-order valence-corrected chi connectivity index (χ1v) is 7.35. The molecule has 0 aromatic heterocycles. The Morgan fingerprint density at radius 3 is 1.72 bits per heavy atom. The molecule has 0 spiro atoms. The highest BCUT2D eigenvalue weighted by atomic mass is 15.0. The van der Waals surface area contributed by atoms with E-state index in [-0.39, 0.29) is 11.1 Å². The summed E-state index contributed by atoms with van der Waals surface area (Å²) in [4.78, 5) is 0. The highest BCUT2D eigenvalue weighted by molar-refractivity contribution is 4.86. The van der Waals surface area contributed by atoms with Gasteiger partial charge in [0.25, 0.3) is 0 Å². The third-order valence-corrected chi connectivity index (χ3v) is 4.18. The van der Waals surface area contributed by atoms with Gasteiger partial charge in [0.2, 0.25) is 0 Å². The summed E-state index contributed by atoms with van der Waals surface area (Å²) in [5.41, 5.74) is 11.6. The van der Waals surface area contributed by atoms with Crippen LogP contribution in [0.3, 0.4) is 0 Å². The molecule has 0 aliphatic rings. The highest BCUT2D eigenvalue weighted by Gasteiger charge is 2.24. The van der Waals surface area contributed by atoms with E-state index >= 15 is 0 Å². The minimum Gasteiger partial charge on any atom is -0.330 e. The fourth-order valence-corrected chi connectivity index (χ4v) is 2.11. The van der Waals surface area contributed by atoms with E-state index in [2.05, 4.69) is 38.3 Å². The van der Waals surface area contributed by atoms with Crippen molar-refractivity contribution in [1.29, 1.82) is 0 Å². The standard InChI is InChI=1S/C14H34N4/c1-5-13(3,7-9-15)17-11-8-14(4,6-2)18-12-10-16/h17-18H,5-12,15-16H2,1-4H3. The predicted octanol–water partition coefficient (Wildman–Crippen LogP) is 1.20. The van der Waals surface area contributed by atoms with Crippen molar-refractivity contribution < 1.29 is 0 Å². The molecule has 110 valence electrons. The van der Waals surface area contributed by atoms with Crippen LogP contribution in [-0.4, -0.2) is 37.3 Å². The zero-order valence-electron chi connectivity index (χ0n) is 12.8. The molecule has 0 fully saturated rings. The molecule has 0 rings (SSSR count). The summed E-state index contributed by atoms with van der Waals surface area (Å²) in [6.45, 7) is 12.3. The molecule has 0 aromatic rings. The summed E-state index contributed by atoms with van der Waals surface area (Å²) in [6.07, 6.45) is 4.38. The summed E-state index contributed by atoms with van der Waals surface area (Å²) in [5, 5.41) is 7.20. The molecule has 0 saturated carbocycles. The minimum atomic E-state index is 0.178. The first-order chi connectivity index (χ1) is 8.45. The van der Waals surface area contributed by atoms with Gasteiger partial charge in [-0.05, 0) is 52.6 Å². The maximum Gasteiger partial charge on any atom is 0.0163 e. The average molecular weight is 258 g/mol. The Bertz CT molecular complexity index is 210. The van der Waals surface area contributed by atoms with Crippen LogP contribution >= 0.6 is 0 Å². The monoisotopic (exact) mass is 258 g/mol. The van der Waals surface area contributed by atoms with Crippen LogP contribution in [0.1, 0.15) is 53.4 Å². The number of hydrogen-bond acceptors (Lipinski definition) is 4. The molecule has 0 bridgehead atoms. The molecule has 0 aromatic carbocycles.